The van der Waals surface area contributed by atoms with E-state index in [1.807, 2.05) is 4.57 Å². The zero-order valence-electron chi connectivity index (χ0n) is 11.1. The zero-order valence-corrected chi connectivity index (χ0v) is 11.1. The highest BCUT2D eigenvalue weighted by molar-refractivity contribution is 5.45. The molecule has 1 unspecified atom stereocenters. The van der Waals surface area contributed by atoms with Crippen LogP contribution in [0.5, 0.6) is 0 Å². The lowest BCUT2D eigenvalue weighted by atomic mass is 9.84. The van der Waals surface area contributed by atoms with Crippen molar-refractivity contribution in [1.82, 2.24) is 9.88 Å². The third kappa shape index (κ3) is 2.05. The second-order valence-corrected chi connectivity index (χ2v) is 5.87. The molecule has 4 heteroatoms. The monoisotopic (exact) mass is 247 g/mol. The Labute approximate surface area is 107 Å². The highest BCUT2D eigenvalue weighted by atomic mass is 16.1. The summed E-state index contributed by atoms with van der Waals surface area (Å²) in [7, 11) is 0. The summed E-state index contributed by atoms with van der Waals surface area (Å²) in [6.07, 6.45) is 1.22. The zero-order chi connectivity index (χ0) is 12.7. The molecule has 3 rings (SSSR count). The Morgan fingerprint density at radius 1 is 1.39 bits per heavy atom. The van der Waals surface area contributed by atoms with Crippen molar-refractivity contribution in [3.63, 3.8) is 0 Å². The number of hydrogen-bond acceptors (Lipinski definition) is 3. The topological polar surface area (TPSA) is 46.1 Å². The normalized spacial score (nSPS) is 25.9. The second-order valence-electron chi connectivity index (χ2n) is 5.87. The number of pyridine rings is 1. The minimum atomic E-state index is 0.146. The molecule has 2 aliphatic rings. The van der Waals surface area contributed by atoms with E-state index in [9.17, 15) is 4.79 Å². The Balaban J connectivity index is 2.02. The van der Waals surface area contributed by atoms with Gasteiger partial charge < -0.3 is 15.2 Å². The van der Waals surface area contributed by atoms with Crippen LogP contribution in [0.1, 0.15) is 31.9 Å². The molecule has 18 heavy (non-hydrogen) atoms. The summed E-state index contributed by atoms with van der Waals surface area (Å²) in [4.78, 5) is 12.2. The predicted octanol–water partition coefficient (Wildman–Crippen LogP) is 1.38. The largest absolute Gasteiger partial charge is 0.383 e. The van der Waals surface area contributed by atoms with Gasteiger partial charge in [-0.15, -0.1) is 0 Å². The molecule has 0 saturated carbocycles. The number of anilines is 1. The maximum atomic E-state index is 12.2. The average molecular weight is 247 g/mol. The molecule has 1 saturated heterocycles. The number of piperidine rings is 1. The maximum Gasteiger partial charge on any atom is 0.252 e. The summed E-state index contributed by atoms with van der Waals surface area (Å²) in [5, 5.41) is 6.81. The van der Waals surface area contributed by atoms with Crippen LogP contribution in [0.4, 0.5) is 5.69 Å². The smallest absolute Gasteiger partial charge is 0.252 e. The number of rotatable bonds is 2. The number of hydrogen-bond donors (Lipinski definition) is 2. The first-order chi connectivity index (χ1) is 8.63. The lowest BCUT2D eigenvalue weighted by Gasteiger charge is -2.37. The molecule has 0 radical (unpaired) electrons. The Morgan fingerprint density at radius 2 is 2.22 bits per heavy atom. The second kappa shape index (κ2) is 4.43. The van der Waals surface area contributed by atoms with Crippen LogP contribution in [-0.4, -0.2) is 23.7 Å². The molecule has 0 amide bonds. The summed E-state index contributed by atoms with van der Waals surface area (Å²) in [6.45, 7) is 7.11. The number of fused-ring (bicyclic) bond motifs is 4. The van der Waals surface area contributed by atoms with Crippen molar-refractivity contribution < 1.29 is 0 Å². The standard InChI is InChI=1S/C14H21N3O/c1-9(2)16-12-4-13-11-3-10(6-15-7-11)8-17(13)14(18)5-12/h4-5,9-11,15-16H,3,6-8H2,1-2H3/t10?,11-/m0/s1. The van der Waals surface area contributed by atoms with Gasteiger partial charge in [-0.05, 0) is 38.8 Å². The van der Waals surface area contributed by atoms with E-state index in [4.69, 9.17) is 0 Å². The molecule has 98 valence electrons. The average Bonchev–Trinajstić information content (AvgIpc) is 2.31. The molecular formula is C14H21N3O. The van der Waals surface area contributed by atoms with E-state index in [0.717, 1.165) is 25.3 Å². The molecule has 2 aliphatic heterocycles. The number of nitrogens with zero attached hydrogens (tertiary/aromatic N) is 1. The van der Waals surface area contributed by atoms with Gasteiger partial charge in [0.05, 0.1) is 0 Å². The van der Waals surface area contributed by atoms with E-state index in [1.54, 1.807) is 6.07 Å². The maximum absolute atomic E-state index is 12.2. The van der Waals surface area contributed by atoms with Crippen LogP contribution in [0.3, 0.4) is 0 Å². The van der Waals surface area contributed by atoms with Crippen molar-refractivity contribution in [2.24, 2.45) is 5.92 Å². The van der Waals surface area contributed by atoms with Crippen molar-refractivity contribution in [2.45, 2.75) is 38.8 Å². The van der Waals surface area contributed by atoms with E-state index in [2.05, 4.69) is 30.5 Å². The van der Waals surface area contributed by atoms with Gasteiger partial charge in [-0.2, -0.15) is 0 Å². The lowest BCUT2D eigenvalue weighted by Crippen LogP contribution is -2.44. The van der Waals surface area contributed by atoms with Crippen molar-refractivity contribution in [1.29, 1.82) is 0 Å². The Morgan fingerprint density at radius 3 is 3.00 bits per heavy atom. The fourth-order valence-electron chi connectivity index (χ4n) is 3.22. The van der Waals surface area contributed by atoms with Crippen molar-refractivity contribution in [3.8, 4) is 0 Å². The van der Waals surface area contributed by atoms with Gasteiger partial charge in [-0.1, -0.05) is 0 Å². The molecule has 3 heterocycles. The molecule has 0 spiro atoms. The van der Waals surface area contributed by atoms with Crippen molar-refractivity contribution >= 4 is 5.69 Å². The van der Waals surface area contributed by atoms with Gasteiger partial charge in [-0.3, -0.25) is 4.79 Å². The van der Waals surface area contributed by atoms with E-state index in [1.165, 1.54) is 12.1 Å². The fourth-order valence-corrected chi connectivity index (χ4v) is 3.22. The molecule has 2 bridgehead atoms. The van der Waals surface area contributed by atoms with Crippen LogP contribution in [-0.2, 0) is 6.54 Å². The van der Waals surface area contributed by atoms with E-state index in [0.29, 0.717) is 17.9 Å². The van der Waals surface area contributed by atoms with E-state index < -0.39 is 0 Å². The Bertz CT molecular complexity index is 506. The summed E-state index contributed by atoms with van der Waals surface area (Å²) in [6, 6.07) is 4.25. The van der Waals surface area contributed by atoms with Gasteiger partial charge in [0.15, 0.2) is 0 Å². The minimum Gasteiger partial charge on any atom is -0.383 e. The van der Waals surface area contributed by atoms with Gasteiger partial charge in [0.25, 0.3) is 5.56 Å². The molecule has 0 aliphatic carbocycles. The molecule has 1 aromatic heterocycles. The first-order valence-electron chi connectivity index (χ1n) is 6.85. The first kappa shape index (κ1) is 11.8. The van der Waals surface area contributed by atoms with Gasteiger partial charge >= 0.3 is 0 Å². The van der Waals surface area contributed by atoms with Crippen LogP contribution in [0.25, 0.3) is 0 Å². The molecule has 4 nitrogen and oxygen atoms in total. The van der Waals surface area contributed by atoms with Gasteiger partial charge in [0.2, 0.25) is 0 Å². The third-order valence-electron chi connectivity index (χ3n) is 3.92. The molecule has 0 aromatic carbocycles. The summed E-state index contributed by atoms with van der Waals surface area (Å²) in [5.74, 6) is 1.12. The molecule has 1 aromatic rings. The summed E-state index contributed by atoms with van der Waals surface area (Å²) in [5.41, 5.74) is 2.31. The Kier molecular flexibility index (Phi) is 2.90. The quantitative estimate of drug-likeness (QED) is 0.830. The molecule has 2 N–H and O–H groups in total. The van der Waals surface area contributed by atoms with Crippen LogP contribution >= 0.6 is 0 Å². The Hall–Kier alpha value is -1.29. The number of nitrogens with one attached hydrogen (secondary N) is 2. The molecular weight excluding hydrogens is 226 g/mol. The highest BCUT2D eigenvalue weighted by Gasteiger charge is 2.31. The van der Waals surface area contributed by atoms with Crippen molar-refractivity contribution in [3.05, 3.63) is 28.2 Å². The van der Waals surface area contributed by atoms with E-state index in [-0.39, 0.29) is 5.56 Å². The van der Waals surface area contributed by atoms with Gasteiger partial charge in [-0.25, -0.2) is 0 Å². The van der Waals surface area contributed by atoms with Crippen LogP contribution in [0.2, 0.25) is 0 Å². The number of aromatic nitrogens is 1. The van der Waals surface area contributed by atoms with Crippen molar-refractivity contribution in [2.75, 3.05) is 18.4 Å². The third-order valence-corrected chi connectivity index (χ3v) is 3.92. The molecule has 1 fully saturated rings. The minimum absolute atomic E-state index is 0.146. The summed E-state index contributed by atoms with van der Waals surface area (Å²) >= 11 is 0. The van der Waals surface area contributed by atoms with Crippen LogP contribution < -0.4 is 16.2 Å². The van der Waals surface area contributed by atoms with Crippen LogP contribution in [0, 0.1) is 5.92 Å². The van der Waals surface area contributed by atoms with E-state index >= 15 is 0 Å². The highest BCUT2D eigenvalue weighted by Crippen LogP contribution is 2.32. The van der Waals surface area contributed by atoms with Crippen LogP contribution in [0.15, 0.2) is 16.9 Å². The SMILES string of the molecule is CC(C)Nc1cc2n(c(=O)c1)CC1CNC[C@@H]2C1. The predicted molar refractivity (Wildman–Crippen MR) is 73.2 cm³/mol. The van der Waals surface area contributed by atoms with Gasteiger partial charge in [0, 0.05) is 42.5 Å². The fraction of sp³-hybridized carbons (Fsp3) is 0.643. The summed E-state index contributed by atoms with van der Waals surface area (Å²) < 4.78 is 1.98. The lowest BCUT2D eigenvalue weighted by molar-refractivity contribution is 0.257. The molecule has 2 atom stereocenters. The first-order valence-corrected chi connectivity index (χ1v) is 6.85. The van der Waals surface area contributed by atoms with Gasteiger partial charge in [0.1, 0.15) is 0 Å².